The Kier molecular flexibility index (Phi) is 2.31. The Labute approximate surface area is 88.1 Å². The van der Waals surface area contributed by atoms with Gasteiger partial charge in [-0.1, -0.05) is 26.0 Å². The third-order valence-electron chi connectivity index (χ3n) is 2.56. The molecule has 0 atom stereocenters. The quantitative estimate of drug-likeness (QED) is 0.519. The molecule has 0 saturated heterocycles. The molecule has 15 heavy (non-hydrogen) atoms. The van der Waals surface area contributed by atoms with Crippen LogP contribution >= 0.6 is 0 Å². The predicted molar refractivity (Wildman–Crippen MR) is 54.7 cm³/mol. The second kappa shape index (κ2) is 3.50. The summed E-state index contributed by atoms with van der Waals surface area (Å²) >= 11 is 0. The van der Waals surface area contributed by atoms with Gasteiger partial charge in [0.1, 0.15) is 0 Å². The molecule has 0 saturated carbocycles. The maximum atomic E-state index is 11.4. The molecular formula is C12H12O3. The maximum absolute atomic E-state index is 11.4. The normalized spacial score (nSPS) is 15.1. The summed E-state index contributed by atoms with van der Waals surface area (Å²) in [6, 6.07) is 5.60. The van der Waals surface area contributed by atoms with E-state index in [4.69, 9.17) is 0 Å². The molecule has 3 heteroatoms. The molecule has 0 unspecified atom stereocenters. The van der Waals surface area contributed by atoms with E-state index in [1.54, 1.807) is 0 Å². The van der Waals surface area contributed by atoms with Gasteiger partial charge in [0.2, 0.25) is 0 Å². The summed E-state index contributed by atoms with van der Waals surface area (Å²) in [6.45, 7) is 4.11. The fourth-order valence-corrected chi connectivity index (χ4v) is 1.65. The number of fused-ring (bicyclic) bond motifs is 1. The highest BCUT2D eigenvalue weighted by Gasteiger charge is 2.24. The molecule has 0 N–H and O–H groups in total. The first-order valence-corrected chi connectivity index (χ1v) is 4.96. The third kappa shape index (κ3) is 1.77. The number of hydrogen-bond acceptors (Lipinski definition) is 3. The standard InChI is InChI=1S/C12H12O3/c1-7(2)8-3-4-9-6-11(13)15-12(14)10(9)5-8/h3-5,7H,6H2,1-2H3. The van der Waals surface area contributed by atoms with E-state index in [2.05, 4.69) is 18.6 Å². The van der Waals surface area contributed by atoms with Gasteiger partial charge in [-0.2, -0.15) is 0 Å². The fourth-order valence-electron chi connectivity index (χ4n) is 1.65. The van der Waals surface area contributed by atoms with E-state index < -0.39 is 11.9 Å². The summed E-state index contributed by atoms with van der Waals surface area (Å²) in [4.78, 5) is 22.4. The predicted octanol–water partition coefficient (Wildman–Crippen LogP) is 2.05. The van der Waals surface area contributed by atoms with E-state index in [-0.39, 0.29) is 6.42 Å². The molecule has 3 nitrogen and oxygen atoms in total. The summed E-state index contributed by atoms with van der Waals surface area (Å²) in [5.74, 6) is -0.630. The highest BCUT2D eigenvalue weighted by molar-refractivity contribution is 6.02. The Hall–Kier alpha value is -1.64. The molecule has 0 aliphatic carbocycles. The lowest BCUT2D eigenvalue weighted by Crippen LogP contribution is -2.23. The number of cyclic esters (lactones) is 2. The first-order valence-electron chi connectivity index (χ1n) is 4.96. The topological polar surface area (TPSA) is 43.4 Å². The molecule has 1 aliphatic rings. The van der Waals surface area contributed by atoms with Gasteiger partial charge in [-0.05, 0) is 23.1 Å². The molecule has 1 aliphatic heterocycles. The second-order valence-electron chi connectivity index (χ2n) is 4.01. The van der Waals surface area contributed by atoms with Gasteiger partial charge in [-0.3, -0.25) is 4.79 Å². The fraction of sp³-hybridized carbons (Fsp3) is 0.333. The molecule has 0 spiro atoms. The average Bonchev–Trinajstić information content (AvgIpc) is 2.16. The highest BCUT2D eigenvalue weighted by Crippen LogP contribution is 2.23. The van der Waals surface area contributed by atoms with Crippen LogP contribution in [0.15, 0.2) is 18.2 Å². The summed E-state index contributed by atoms with van der Waals surface area (Å²) in [7, 11) is 0. The Morgan fingerprint density at radius 1 is 1.27 bits per heavy atom. The Bertz CT molecular complexity index is 432. The van der Waals surface area contributed by atoms with Gasteiger partial charge in [0.15, 0.2) is 0 Å². The molecule has 1 aromatic carbocycles. The monoisotopic (exact) mass is 204 g/mol. The zero-order valence-corrected chi connectivity index (χ0v) is 8.74. The minimum Gasteiger partial charge on any atom is -0.389 e. The van der Waals surface area contributed by atoms with Crippen molar-refractivity contribution in [3.8, 4) is 0 Å². The number of benzene rings is 1. The van der Waals surface area contributed by atoms with Crippen LogP contribution in [0.4, 0.5) is 0 Å². The van der Waals surface area contributed by atoms with Crippen LogP contribution in [0, 0.1) is 0 Å². The van der Waals surface area contributed by atoms with Gasteiger partial charge in [0, 0.05) is 0 Å². The van der Waals surface area contributed by atoms with E-state index in [1.165, 1.54) is 0 Å². The van der Waals surface area contributed by atoms with Crippen molar-refractivity contribution in [2.75, 3.05) is 0 Å². The van der Waals surface area contributed by atoms with Crippen LogP contribution in [0.3, 0.4) is 0 Å². The molecular weight excluding hydrogens is 192 g/mol. The second-order valence-corrected chi connectivity index (χ2v) is 4.01. The van der Waals surface area contributed by atoms with E-state index in [0.717, 1.165) is 11.1 Å². The van der Waals surface area contributed by atoms with Crippen LogP contribution in [0.1, 0.15) is 41.3 Å². The SMILES string of the molecule is CC(C)c1ccc2c(c1)C(=O)OC(=O)C2. The summed E-state index contributed by atoms with van der Waals surface area (Å²) in [6.07, 6.45) is 0.194. The maximum Gasteiger partial charge on any atom is 0.346 e. The van der Waals surface area contributed by atoms with Crippen LogP contribution in [0.25, 0.3) is 0 Å². The Morgan fingerprint density at radius 3 is 2.67 bits per heavy atom. The van der Waals surface area contributed by atoms with Crippen LogP contribution in [-0.2, 0) is 16.0 Å². The van der Waals surface area contributed by atoms with Gasteiger partial charge in [0.05, 0.1) is 12.0 Å². The van der Waals surface area contributed by atoms with Gasteiger partial charge in [-0.15, -0.1) is 0 Å². The van der Waals surface area contributed by atoms with E-state index >= 15 is 0 Å². The molecule has 78 valence electrons. The Balaban J connectivity index is 2.48. The van der Waals surface area contributed by atoms with Crippen molar-refractivity contribution in [3.63, 3.8) is 0 Å². The molecule has 0 amide bonds. The van der Waals surface area contributed by atoms with Crippen molar-refractivity contribution < 1.29 is 14.3 Å². The molecule has 0 bridgehead atoms. The number of ether oxygens (including phenoxy) is 1. The zero-order chi connectivity index (χ0) is 11.0. The van der Waals surface area contributed by atoms with E-state index in [9.17, 15) is 9.59 Å². The molecule has 0 radical (unpaired) electrons. The van der Waals surface area contributed by atoms with Crippen molar-refractivity contribution >= 4 is 11.9 Å². The summed E-state index contributed by atoms with van der Waals surface area (Å²) < 4.78 is 4.57. The van der Waals surface area contributed by atoms with Crippen LogP contribution in [-0.4, -0.2) is 11.9 Å². The average molecular weight is 204 g/mol. The third-order valence-corrected chi connectivity index (χ3v) is 2.56. The van der Waals surface area contributed by atoms with Crippen molar-refractivity contribution in [1.82, 2.24) is 0 Å². The molecule has 1 aromatic rings. The number of carbonyl (C=O) groups is 2. The van der Waals surface area contributed by atoms with Crippen LogP contribution < -0.4 is 0 Å². The molecule has 1 heterocycles. The van der Waals surface area contributed by atoms with Crippen molar-refractivity contribution in [1.29, 1.82) is 0 Å². The van der Waals surface area contributed by atoms with Crippen molar-refractivity contribution in [2.45, 2.75) is 26.2 Å². The van der Waals surface area contributed by atoms with Gasteiger partial charge in [0.25, 0.3) is 0 Å². The van der Waals surface area contributed by atoms with Crippen molar-refractivity contribution in [2.24, 2.45) is 0 Å². The van der Waals surface area contributed by atoms with E-state index in [0.29, 0.717) is 11.5 Å². The van der Waals surface area contributed by atoms with Crippen LogP contribution in [0.2, 0.25) is 0 Å². The lowest BCUT2D eigenvalue weighted by molar-refractivity contribution is -0.137. The number of carbonyl (C=O) groups excluding carboxylic acids is 2. The summed E-state index contributed by atoms with van der Waals surface area (Å²) in [5, 5.41) is 0. The zero-order valence-electron chi connectivity index (χ0n) is 8.74. The molecule has 2 rings (SSSR count). The molecule has 0 fully saturated rings. The smallest absolute Gasteiger partial charge is 0.346 e. The van der Waals surface area contributed by atoms with Crippen LogP contribution in [0.5, 0.6) is 0 Å². The number of rotatable bonds is 1. The van der Waals surface area contributed by atoms with Gasteiger partial charge < -0.3 is 4.74 Å². The summed E-state index contributed by atoms with van der Waals surface area (Å²) in [5.41, 5.74) is 2.38. The first-order chi connectivity index (χ1) is 7.08. The Morgan fingerprint density at radius 2 is 2.00 bits per heavy atom. The lowest BCUT2D eigenvalue weighted by Gasteiger charge is -2.15. The minimum absolute atomic E-state index is 0.194. The van der Waals surface area contributed by atoms with Gasteiger partial charge >= 0.3 is 11.9 Å². The number of hydrogen-bond donors (Lipinski definition) is 0. The van der Waals surface area contributed by atoms with Gasteiger partial charge in [-0.25, -0.2) is 4.79 Å². The van der Waals surface area contributed by atoms with E-state index in [1.807, 2.05) is 18.2 Å². The minimum atomic E-state index is -0.524. The highest BCUT2D eigenvalue weighted by atomic mass is 16.6. The largest absolute Gasteiger partial charge is 0.389 e. The molecule has 0 aromatic heterocycles. The first kappa shape index (κ1) is 9.90. The number of esters is 2. The lowest BCUT2D eigenvalue weighted by atomic mass is 9.95. The van der Waals surface area contributed by atoms with Crippen molar-refractivity contribution in [3.05, 3.63) is 34.9 Å².